The average Bonchev–Trinajstić information content (AvgIpc) is 2.77. The van der Waals surface area contributed by atoms with E-state index in [0.29, 0.717) is 31.5 Å². The Morgan fingerprint density at radius 3 is 2.47 bits per heavy atom. The highest BCUT2D eigenvalue weighted by atomic mass is 32.2. The Kier molecular flexibility index (Phi) is 8.52. The van der Waals surface area contributed by atoms with Gasteiger partial charge in [0.15, 0.2) is 0 Å². The van der Waals surface area contributed by atoms with Crippen molar-refractivity contribution in [3.05, 3.63) is 30.0 Å². The van der Waals surface area contributed by atoms with Crippen LogP contribution in [-0.4, -0.2) is 57.8 Å². The predicted octanol–water partition coefficient (Wildman–Crippen LogP) is 2.96. The fourth-order valence-corrected chi connectivity index (χ4v) is 4.74. The molecule has 3 rings (SSSR count). The van der Waals surface area contributed by atoms with Gasteiger partial charge in [0.05, 0.1) is 13.2 Å². The zero-order valence-corrected chi connectivity index (χ0v) is 19.9. The molecule has 1 saturated heterocycles. The first kappa shape index (κ1) is 24.1. The van der Waals surface area contributed by atoms with Gasteiger partial charge in [-0.2, -0.15) is 4.98 Å². The standard InChI is InChI=1S/C22H33N5O4S/c1-4-30-18-9-10-20(19(16-18)31-5-2)32(28,29)24-12-11-23-22-25-17(3)15-21(26-22)27-13-7-6-8-14-27/h9-10,15-16,24H,4-8,11-14H2,1-3H3,(H,23,25,26). The second kappa shape index (κ2) is 11.3. The summed E-state index contributed by atoms with van der Waals surface area (Å²) in [6.07, 6.45) is 3.59. The van der Waals surface area contributed by atoms with Gasteiger partial charge in [-0.25, -0.2) is 18.1 Å². The quantitative estimate of drug-likeness (QED) is 0.490. The summed E-state index contributed by atoms with van der Waals surface area (Å²) in [4.78, 5) is 11.4. The molecule has 1 aromatic heterocycles. The first-order valence-corrected chi connectivity index (χ1v) is 12.6. The number of sulfonamides is 1. The lowest BCUT2D eigenvalue weighted by Gasteiger charge is -2.28. The number of ether oxygens (including phenoxy) is 2. The van der Waals surface area contributed by atoms with Gasteiger partial charge >= 0.3 is 0 Å². The van der Waals surface area contributed by atoms with Crippen LogP contribution < -0.4 is 24.4 Å². The second-order valence-electron chi connectivity index (χ2n) is 7.54. The Hall–Kier alpha value is -2.59. The summed E-state index contributed by atoms with van der Waals surface area (Å²) in [6, 6.07) is 6.71. The molecular weight excluding hydrogens is 430 g/mol. The van der Waals surface area contributed by atoms with E-state index in [4.69, 9.17) is 9.47 Å². The van der Waals surface area contributed by atoms with Gasteiger partial charge in [0.25, 0.3) is 0 Å². The van der Waals surface area contributed by atoms with Crippen molar-refractivity contribution in [1.82, 2.24) is 14.7 Å². The lowest BCUT2D eigenvalue weighted by atomic mass is 10.1. The Morgan fingerprint density at radius 1 is 1.00 bits per heavy atom. The third-order valence-corrected chi connectivity index (χ3v) is 6.54. The van der Waals surface area contributed by atoms with E-state index in [1.54, 1.807) is 19.1 Å². The van der Waals surface area contributed by atoms with E-state index in [9.17, 15) is 8.42 Å². The van der Waals surface area contributed by atoms with E-state index < -0.39 is 10.0 Å². The molecule has 9 nitrogen and oxygen atoms in total. The smallest absolute Gasteiger partial charge is 0.244 e. The molecule has 2 aromatic rings. The number of anilines is 2. The van der Waals surface area contributed by atoms with Crippen LogP contribution in [0, 0.1) is 6.92 Å². The second-order valence-corrected chi connectivity index (χ2v) is 9.27. The monoisotopic (exact) mass is 463 g/mol. The molecule has 176 valence electrons. The maximum Gasteiger partial charge on any atom is 0.244 e. The van der Waals surface area contributed by atoms with Gasteiger partial charge in [0.2, 0.25) is 16.0 Å². The van der Waals surface area contributed by atoms with Gasteiger partial charge in [-0.3, -0.25) is 0 Å². The minimum Gasteiger partial charge on any atom is -0.494 e. The fraction of sp³-hybridized carbons (Fsp3) is 0.545. The fourth-order valence-electron chi connectivity index (χ4n) is 3.59. The molecule has 0 radical (unpaired) electrons. The van der Waals surface area contributed by atoms with Gasteiger partial charge in [-0.15, -0.1) is 0 Å². The molecule has 32 heavy (non-hydrogen) atoms. The summed E-state index contributed by atoms with van der Waals surface area (Å²) in [5.41, 5.74) is 0.874. The third kappa shape index (κ3) is 6.46. The summed E-state index contributed by atoms with van der Waals surface area (Å²) in [7, 11) is -3.75. The van der Waals surface area contributed by atoms with Gasteiger partial charge in [-0.1, -0.05) is 0 Å². The Bertz CT molecular complexity index is 994. The van der Waals surface area contributed by atoms with Crippen LogP contribution in [0.1, 0.15) is 38.8 Å². The van der Waals surface area contributed by atoms with Crippen molar-refractivity contribution in [2.45, 2.75) is 44.9 Å². The normalized spacial score (nSPS) is 14.3. The number of hydrogen-bond acceptors (Lipinski definition) is 8. The molecule has 2 heterocycles. The SMILES string of the molecule is CCOc1ccc(S(=O)(=O)NCCNc2nc(C)cc(N3CCCCC3)n2)c(OCC)c1. The molecule has 2 N–H and O–H groups in total. The summed E-state index contributed by atoms with van der Waals surface area (Å²) >= 11 is 0. The van der Waals surface area contributed by atoms with Gasteiger partial charge in [0.1, 0.15) is 22.2 Å². The molecule has 10 heteroatoms. The van der Waals surface area contributed by atoms with Crippen LogP contribution in [0.25, 0.3) is 0 Å². The molecule has 0 atom stereocenters. The van der Waals surface area contributed by atoms with Crippen molar-refractivity contribution in [2.24, 2.45) is 0 Å². The summed E-state index contributed by atoms with van der Waals surface area (Å²) < 4.78 is 39.2. The van der Waals surface area contributed by atoms with E-state index >= 15 is 0 Å². The molecule has 0 aliphatic carbocycles. The van der Waals surface area contributed by atoms with Crippen LogP contribution >= 0.6 is 0 Å². The predicted molar refractivity (Wildman–Crippen MR) is 125 cm³/mol. The average molecular weight is 464 g/mol. The van der Waals surface area contributed by atoms with Gasteiger partial charge in [-0.05, 0) is 52.2 Å². The zero-order valence-electron chi connectivity index (χ0n) is 19.1. The lowest BCUT2D eigenvalue weighted by molar-refractivity contribution is 0.317. The van der Waals surface area contributed by atoms with Crippen molar-refractivity contribution in [1.29, 1.82) is 0 Å². The van der Waals surface area contributed by atoms with E-state index in [1.807, 2.05) is 19.9 Å². The van der Waals surface area contributed by atoms with Crippen molar-refractivity contribution < 1.29 is 17.9 Å². The molecule has 0 bridgehead atoms. The Labute approximate surface area is 190 Å². The lowest BCUT2D eigenvalue weighted by Crippen LogP contribution is -2.31. The number of aryl methyl sites for hydroxylation is 1. The van der Waals surface area contributed by atoms with Gasteiger partial charge in [0, 0.05) is 44.0 Å². The van der Waals surface area contributed by atoms with Crippen LogP contribution in [0.15, 0.2) is 29.2 Å². The molecule has 1 aliphatic rings. The van der Waals surface area contributed by atoms with Crippen LogP contribution in [0.3, 0.4) is 0 Å². The zero-order chi connectivity index (χ0) is 23.0. The number of nitrogens with zero attached hydrogens (tertiary/aromatic N) is 3. The number of benzene rings is 1. The van der Waals surface area contributed by atoms with E-state index in [0.717, 1.165) is 24.6 Å². The number of rotatable bonds is 11. The van der Waals surface area contributed by atoms with Crippen LogP contribution in [0.4, 0.5) is 11.8 Å². The van der Waals surface area contributed by atoms with Crippen molar-refractivity contribution in [2.75, 3.05) is 49.6 Å². The largest absolute Gasteiger partial charge is 0.494 e. The maximum absolute atomic E-state index is 12.8. The molecule has 1 fully saturated rings. The minimum atomic E-state index is -3.75. The molecular formula is C22H33N5O4S. The molecule has 0 unspecified atom stereocenters. The summed E-state index contributed by atoms with van der Waals surface area (Å²) in [5, 5.41) is 3.13. The molecule has 1 aromatic carbocycles. The van der Waals surface area contributed by atoms with Crippen LogP contribution in [0.2, 0.25) is 0 Å². The van der Waals surface area contributed by atoms with Crippen molar-refractivity contribution >= 4 is 21.8 Å². The highest BCUT2D eigenvalue weighted by Gasteiger charge is 2.20. The van der Waals surface area contributed by atoms with Crippen molar-refractivity contribution in [3.8, 4) is 11.5 Å². The maximum atomic E-state index is 12.8. The van der Waals surface area contributed by atoms with Gasteiger partial charge < -0.3 is 19.7 Å². The van der Waals surface area contributed by atoms with Crippen LogP contribution in [-0.2, 0) is 10.0 Å². The summed E-state index contributed by atoms with van der Waals surface area (Å²) in [5.74, 6) is 2.25. The Balaban J connectivity index is 1.61. The third-order valence-electron chi connectivity index (χ3n) is 5.04. The molecule has 0 spiro atoms. The molecule has 0 amide bonds. The highest BCUT2D eigenvalue weighted by Crippen LogP contribution is 2.28. The first-order chi connectivity index (χ1) is 15.4. The molecule has 1 aliphatic heterocycles. The highest BCUT2D eigenvalue weighted by molar-refractivity contribution is 7.89. The summed E-state index contributed by atoms with van der Waals surface area (Å²) in [6.45, 7) is 8.98. The van der Waals surface area contributed by atoms with E-state index in [-0.39, 0.29) is 17.2 Å². The molecule has 0 saturated carbocycles. The Morgan fingerprint density at radius 2 is 1.75 bits per heavy atom. The van der Waals surface area contributed by atoms with E-state index in [2.05, 4.69) is 24.9 Å². The first-order valence-electron chi connectivity index (χ1n) is 11.2. The topological polar surface area (TPSA) is 106 Å². The number of piperidine rings is 1. The number of aromatic nitrogens is 2. The van der Waals surface area contributed by atoms with Crippen molar-refractivity contribution in [3.63, 3.8) is 0 Å². The van der Waals surface area contributed by atoms with Crippen LogP contribution in [0.5, 0.6) is 11.5 Å². The number of nitrogens with one attached hydrogen (secondary N) is 2. The minimum absolute atomic E-state index is 0.0852. The van der Waals surface area contributed by atoms with E-state index in [1.165, 1.54) is 25.3 Å². The number of hydrogen-bond donors (Lipinski definition) is 2.